The van der Waals surface area contributed by atoms with Crippen molar-refractivity contribution in [2.24, 2.45) is 0 Å². The maximum Gasteiger partial charge on any atom is 0.250 e. The van der Waals surface area contributed by atoms with Gasteiger partial charge in [0.25, 0.3) is 5.89 Å². The van der Waals surface area contributed by atoms with Crippen molar-refractivity contribution in [2.75, 3.05) is 13.7 Å². The predicted octanol–water partition coefficient (Wildman–Crippen LogP) is 2.75. The molecule has 6 heteroatoms. The molecule has 0 aliphatic carbocycles. The average molecular weight is 322 g/mol. The summed E-state index contributed by atoms with van der Waals surface area (Å²) in [6, 6.07) is 6.51. The molecule has 0 amide bonds. The minimum Gasteiger partial charge on any atom is -0.493 e. The molecule has 3 rings (SSSR count). The molecule has 5 nitrogen and oxygen atoms in total. The van der Waals surface area contributed by atoms with Crippen molar-refractivity contribution in [3.8, 4) is 5.75 Å². The fraction of sp³-hybridized carbons (Fsp3) is 0.375. The molecule has 2 aromatic rings. The Balaban J connectivity index is 0.00000176. The summed E-state index contributed by atoms with van der Waals surface area (Å²) in [7, 11) is 1.92. The molecule has 1 atom stereocenters. The van der Waals surface area contributed by atoms with E-state index in [1.165, 1.54) is 5.56 Å². The number of rotatable bonds is 5. The van der Waals surface area contributed by atoms with Gasteiger partial charge >= 0.3 is 0 Å². The predicted molar refractivity (Wildman–Crippen MR) is 88.3 cm³/mol. The Morgan fingerprint density at radius 3 is 3.05 bits per heavy atom. The van der Waals surface area contributed by atoms with E-state index in [0.29, 0.717) is 11.9 Å². The van der Waals surface area contributed by atoms with E-state index in [-0.39, 0.29) is 12.4 Å². The Kier molecular flexibility index (Phi) is 5.57. The number of nitrogens with one attached hydrogen (secondary N) is 1. The summed E-state index contributed by atoms with van der Waals surface area (Å²) in [6.45, 7) is 2.86. The van der Waals surface area contributed by atoms with Crippen LogP contribution in [0.5, 0.6) is 5.75 Å². The van der Waals surface area contributed by atoms with E-state index >= 15 is 0 Å². The first-order valence-corrected chi connectivity index (χ1v) is 7.18. The van der Waals surface area contributed by atoms with Crippen LogP contribution >= 0.6 is 12.4 Å². The summed E-state index contributed by atoms with van der Waals surface area (Å²) in [5.74, 6) is 2.25. The van der Waals surface area contributed by atoms with Crippen molar-refractivity contribution in [1.29, 1.82) is 0 Å². The molecular formula is C16H20ClN3O2. The van der Waals surface area contributed by atoms with Gasteiger partial charge < -0.3 is 14.6 Å². The number of fused-ring (bicyclic) bond motifs is 1. The van der Waals surface area contributed by atoms with Crippen LogP contribution in [-0.4, -0.2) is 29.8 Å². The number of hydrogen-bond donors (Lipinski definition) is 1. The van der Waals surface area contributed by atoms with Crippen LogP contribution < -0.4 is 10.1 Å². The summed E-state index contributed by atoms with van der Waals surface area (Å²) in [5.41, 5.74) is 2.37. The van der Waals surface area contributed by atoms with Gasteiger partial charge in [-0.2, -0.15) is 4.98 Å². The summed E-state index contributed by atoms with van der Waals surface area (Å²) < 4.78 is 10.7. The van der Waals surface area contributed by atoms with Gasteiger partial charge in [-0.3, -0.25) is 0 Å². The van der Waals surface area contributed by atoms with E-state index in [9.17, 15) is 0 Å². The second-order valence-electron chi connectivity index (χ2n) is 5.24. The smallest absolute Gasteiger partial charge is 0.250 e. The SMILES string of the molecule is CNC(C)Cc1noc(/C=C/c2ccc3c(c2)CCO3)n1.Cl. The number of benzene rings is 1. The van der Waals surface area contributed by atoms with Crippen LogP contribution in [0.2, 0.25) is 0 Å². The molecule has 0 bridgehead atoms. The fourth-order valence-corrected chi connectivity index (χ4v) is 2.27. The van der Waals surface area contributed by atoms with Gasteiger partial charge in [-0.15, -0.1) is 12.4 Å². The Morgan fingerprint density at radius 2 is 2.23 bits per heavy atom. The quantitative estimate of drug-likeness (QED) is 0.917. The first kappa shape index (κ1) is 16.5. The summed E-state index contributed by atoms with van der Waals surface area (Å²) >= 11 is 0. The zero-order valence-electron chi connectivity index (χ0n) is 12.7. The first-order chi connectivity index (χ1) is 10.2. The molecule has 0 fully saturated rings. The average Bonchev–Trinajstić information content (AvgIpc) is 3.13. The van der Waals surface area contributed by atoms with Crippen molar-refractivity contribution >= 4 is 24.6 Å². The molecule has 0 spiro atoms. The molecular weight excluding hydrogens is 302 g/mol. The minimum atomic E-state index is 0. The van der Waals surface area contributed by atoms with Crippen LogP contribution in [0.15, 0.2) is 22.7 Å². The second-order valence-corrected chi connectivity index (χ2v) is 5.24. The number of ether oxygens (including phenoxy) is 1. The molecule has 118 valence electrons. The van der Waals surface area contributed by atoms with Crippen LogP contribution in [0.1, 0.15) is 29.8 Å². The Labute approximate surface area is 136 Å². The summed E-state index contributed by atoms with van der Waals surface area (Å²) in [4.78, 5) is 4.36. The normalized spacial score (nSPS) is 14.5. The van der Waals surface area contributed by atoms with Gasteiger partial charge in [-0.1, -0.05) is 11.2 Å². The molecule has 2 heterocycles. The van der Waals surface area contributed by atoms with Gasteiger partial charge in [-0.05, 0) is 43.3 Å². The van der Waals surface area contributed by atoms with Gasteiger partial charge in [0, 0.05) is 25.0 Å². The Morgan fingerprint density at radius 1 is 1.36 bits per heavy atom. The molecule has 1 unspecified atom stereocenters. The van der Waals surface area contributed by atoms with Crippen molar-refractivity contribution in [3.63, 3.8) is 0 Å². The Bertz CT molecular complexity index is 655. The fourth-order valence-electron chi connectivity index (χ4n) is 2.27. The lowest BCUT2D eigenvalue weighted by atomic mass is 10.1. The number of likely N-dealkylation sites (N-methyl/N-ethyl adjacent to an activating group) is 1. The zero-order chi connectivity index (χ0) is 14.7. The highest BCUT2D eigenvalue weighted by molar-refractivity contribution is 5.85. The minimum absolute atomic E-state index is 0. The van der Waals surface area contributed by atoms with Crippen LogP contribution in [0.3, 0.4) is 0 Å². The largest absolute Gasteiger partial charge is 0.493 e. The number of hydrogen-bond acceptors (Lipinski definition) is 5. The van der Waals surface area contributed by atoms with E-state index in [1.807, 2.05) is 31.3 Å². The van der Waals surface area contributed by atoms with Gasteiger partial charge in [-0.25, -0.2) is 0 Å². The standard InChI is InChI=1S/C16H19N3O2.ClH/c1-11(17-2)9-15-18-16(21-19-15)6-4-12-3-5-14-13(10-12)7-8-20-14;/h3-6,10-11,17H,7-9H2,1-2H3;1H/b6-4+;. The van der Waals surface area contributed by atoms with Crippen molar-refractivity contribution in [3.05, 3.63) is 41.0 Å². The van der Waals surface area contributed by atoms with Gasteiger partial charge in [0.2, 0.25) is 0 Å². The van der Waals surface area contributed by atoms with E-state index < -0.39 is 0 Å². The van der Waals surface area contributed by atoms with Crippen LogP contribution in [0.25, 0.3) is 12.2 Å². The molecule has 22 heavy (non-hydrogen) atoms. The lowest BCUT2D eigenvalue weighted by molar-refractivity contribution is 0.357. The summed E-state index contributed by atoms with van der Waals surface area (Å²) in [6.07, 6.45) is 5.56. The molecule has 1 aromatic heterocycles. The topological polar surface area (TPSA) is 60.2 Å². The second kappa shape index (κ2) is 7.42. The van der Waals surface area contributed by atoms with Crippen molar-refractivity contribution in [2.45, 2.75) is 25.8 Å². The molecule has 0 radical (unpaired) electrons. The van der Waals surface area contributed by atoms with Crippen molar-refractivity contribution in [1.82, 2.24) is 15.5 Å². The van der Waals surface area contributed by atoms with Gasteiger partial charge in [0.1, 0.15) is 5.75 Å². The monoisotopic (exact) mass is 321 g/mol. The molecule has 1 N–H and O–H groups in total. The van der Waals surface area contributed by atoms with E-state index in [0.717, 1.165) is 36.6 Å². The van der Waals surface area contributed by atoms with Crippen LogP contribution in [0, 0.1) is 0 Å². The highest BCUT2D eigenvalue weighted by Crippen LogP contribution is 2.26. The lowest BCUT2D eigenvalue weighted by Gasteiger charge is -2.04. The van der Waals surface area contributed by atoms with Gasteiger partial charge in [0.05, 0.1) is 6.61 Å². The van der Waals surface area contributed by atoms with E-state index in [4.69, 9.17) is 9.26 Å². The third-order valence-corrected chi connectivity index (χ3v) is 3.60. The number of aromatic nitrogens is 2. The number of halogens is 1. The van der Waals surface area contributed by atoms with Gasteiger partial charge in [0.15, 0.2) is 5.82 Å². The maximum atomic E-state index is 5.50. The third-order valence-electron chi connectivity index (χ3n) is 3.60. The molecule has 0 saturated heterocycles. The third kappa shape index (κ3) is 3.87. The summed E-state index contributed by atoms with van der Waals surface area (Å²) in [5, 5.41) is 7.13. The van der Waals surface area contributed by atoms with E-state index in [2.05, 4.69) is 28.4 Å². The first-order valence-electron chi connectivity index (χ1n) is 7.18. The highest BCUT2D eigenvalue weighted by Gasteiger charge is 2.11. The zero-order valence-corrected chi connectivity index (χ0v) is 13.5. The highest BCUT2D eigenvalue weighted by atomic mass is 35.5. The molecule has 1 aromatic carbocycles. The number of nitrogens with zero attached hydrogens (tertiary/aromatic N) is 2. The van der Waals surface area contributed by atoms with Crippen molar-refractivity contribution < 1.29 is 9.26 Å². The maximum absolute atomic E-state index is 5.50. The van der Waals surface area contributed by atoms with E-state index in [1.54, 1.807) is 0 Å². The van der Waals surface area contributed by atoms with Crippen LogP contribution in [-0.2, 0) is 12.8 Å². The Hall–Kier alpha value is -1.85. The molecule has 1 aliphatic heterocycles. The molecule has 0 saturated carbocycles. The lowest BCUT2D eigenvalue weighted by Crippen LogP contribution is -2.24. The van der Waals surface area contributed by atoms with Crippen LogP contribution in [0.4, 0.5) is 0 Å². The molecule has 1 aliphatic rings.